The average molecular weight is 605 g/mol. The van der Waals surface area contributed by atoms with E-state index in [1.165, 1.54) is 0 Å². The molecule has 0 atom stereocenters. The van der Waals surface area contributed by atoms with Crippen molar-refractivity contribution in [2.45, 2.75) is 4.58 Å². The molecule has 0 saturated carbocycles. The second-order valence-corrected chi connectivity index (χ2v) is 8.21. The molecular formula is C10H26Cl6N4Na2O9. The molecule has 0 aromatic heterocycles. The largest absolute Gasteiger partial charge is 1.00 e. The number of amidine groups is 1. The Bertz CT molecular complexity index is 390. The Morgan fingerprint density at radius 2 is 0.871 bits per heavy atom. The fourth-order valence-electron chi connectivity index (χ4n) is 0.800. The maximum atomic E-state index is 8.49. The molecule has 184 valence electrons. The summed E-state index contributed by atoms with van der Waals surface area (Å²) < 4.78 is 68.9. The van der Waals surface area contributed by atoms with Crippen LogP contribution in [-0.2, 0) is 0 Å². The van der Waals surface area contributed by atoms with Gasteiger partial charge < -0.3 is 17.9 Å². The van der Waals surface area contributed by atoms with Gasteiger partial charge in [-0.2, -0.15) is 0 Å². The van der Waals surface area contributed by atoms with Crippen molar-refractivity contribution in [3.8, 4) is 0 Å². The van der Waals surface area contributed by atoms with Gasteiger partial charge in [-0.15, -0.1) is 20.5 Å². The maximum Gasteiger partial charge on any atom is 1.00 e. The fraction of sp³-hybridized carbons (Fsp3) is 0.900. The molecule has 0 aliphatic rings. The van der Waals surface area contributed by atoms with E-state index in [4.69, 9.17) is 72.1 Å². The van der Waals surface area contributed by atoms with Crippen molar-refractivity contribution in [2.75, 3.05) is 56.4 Å². The Balaban J connectivity index is -0.0000000374. The third-order valence-corrected chi connectivity index (χ3v) is 3.84. The Morgan fingerprint density at radius 3 is 0.871 bits per heavy atom. The standard InChI is InChI=1S/C5H12Cl2N2.C5H12ClN2.2ClHO4.ClH.2Na.H2O/c1-8(2)5(6,7)9(3)4;1-7(2)5(6)8(3)4;2*2-1(3,4)5;;;;/h1-4H3;1-4H3;2*(H,2,3,4,5);1H;;;1H2/q;+1;;;;2*+1;/p-3. The van der Waals surface area contributed by atoms with Crippen LogP contribution in [0.4, 0.5) is 0 Å². The summed E-state index contributed by atoms with van der Waals surface area (Å²) in [5.41, 5.74) is 0. The zero-order chi connectivity index (χ0) is 23.4. The summed E-state index contributed by atoms with van der Waals surface area (Å²) in [5.74, 6) is 0. The Hall–Kier alpha value is 2.77. The van der Waals surface area contributed by atoms with Crippen LogP contribution in [0.15, 0.2) is 0 Å². The molecule has 21 heteroatoms. The van der Waals surface area contributed by atoms with Gasteiger partial charge in [0.25, 0.3) is 0 Å². The van der Waals surface area contributed by atoms with Crippen LogP contribution in [0.2, 0.25) is 0 Å². The topological polar surface area (TPSA) is 229 Å². The van der Waals surface area contributed by atoms with Crippen molar-refractivity contribution < 1.29 is 139 Å². The van der Waals surface area contributed by atoms with Crippen molar-refractivity contribution in [3.63, 3.8) is 0 Å². The zero-order valence-electron chi connectivity index (χ0n) is 18.8. The molecule has 0 spiro atoms. The van der Waals surface area contributed by atoms with Crippen LogP contribution in [0.3, 0.4) is 0 Å². The second kappa shape index (κ2) is 25.9. The Morgan fingerprint density at radius 1 is 0.710 bits per heavy atom. The number of halogens is 6. The van der Waals surface area contributed by atoms with E-state index in [0.29, 0.717) is 0 Å². The number of hydrogen-bond acceptors (Lipinski definition) is 10. The zero-order valence-corrected chi connectivity index (χ0v) is 27.4. The molecule has 0 rings (SSSR count). The summed E-state index contributed by atoms with van der Waals surface area (Å²) in [6, 6.07) is 0. The van der Waals surface area contributed by atoms with Gasteiger partial charge in [0, 0.05) is 11.6 Å². The molecule has 0 fully saturated rings. The molecule has 2 N–H and O–H groups in total. The molecule has 0 aliphatic heterocycles. The number of nitrogens with zero attached hydrogens (tertiary/aromatic N) is 4. The van der Waals surface area contributed by atoms with E-state index in [-0.39, 0.29) is 77.0 Å². The number of rotatable bonds is 2. The van der Waals surface area contributed by atoms with Crippen molar-refractivity contribution in [1.82, 2.24) is 14.7 Å². The predicted molar refractivity (Wildman–Crippen MR) is 82.1 cm³/mol. The first-order valence-corrected chi connectivity index (χ1v) is 9.88. The minimum absolute atomic E-state index is 0. The third-order valence-electron chi connectivity index (χ3n) is 1.81. The predicted octanol–water partition coefficient (Wildman–Crippen LogP) is -17.7. The molecule has 0 aliphatic carbocycles. The van der Waals surface area contributed by atoms with Crippen molar-refractivity contribution in [2.24, 2.45) is 0 Å². The van der Waals surface area contributed by atoms with Gasteiger partial charge in [0.1, 0.15) is 0 Å². The van der Waals surface area contributed by atoms with E-state index in [2.05, 4.69) is 0 Å². The first-order valence-electron chi connectivity index (χ1n) is 6.27. The van der Waals surface area contributed by atoms with Gasteiger partial charge in [-0.25, -0.2) is 37.3 Å². The van der Waals surface area contributed by atoms with Crippen molar-refractivity contribution in [3.05, 3.63) is 0 Å². The van der Waals surface area contributed by atoms with E-state index < -0.39 is 25.1 Å². The minimum atomic E-state index is -4.94. The first kappa shape index (κ1) is 54.6. The molecule has 0 aromatic carbocycles. The monoisotopic (exact) mass is 602 g/mol. The van der Waals surface area contributed by atoms with Gasteiger partial charge >= 0.3 is 64.4 Å². The van der Waals surface area contributed by atoms with Crippen LogP contribution in [-0.4, -0.2) is 91.0 Å². The van der Waals surface area contributed by atoms with Gasteiger partial charge in [-0.3, -0.25) is 19.3 Å². The Labute approximate surface area is 252 Å². The van der Waals surface area contributed by atoms with E-state index in [0.717, 1.165) is 5.29 Å². The van der Waals surface area contributed by atoms with Crippen LogP contribution in [0.1, 0.15) is 0 Å². The average Bonchev–Trinajstić information content (AvgIpc) is 2.33. The summed E-state index contributed by atoms with van der Waals surface area (Å²) in [6.07, 6.45) is 0. The van der Waals surface area contributed by atoms with Crippen LogP contribution in [0.5, 0.6) is 0 Å². The first-order chi connectivity index (χ1) is 11.4. The van der Waals surface area contributed by atoms with Crippen LogP contribution < -0.4 is 109 Å². The van der Waals surface area contributed by atoms with E-state index in [9.17, 15) is 0 Å². The molecule has 0 bridgehead atoms. The smallest absolute Gasteiger partial charge is 1.00 e. The van der Waals surface area contributed by atoms with Gasteiger partial charge in [-0.1, -0.05) is 23.2 Å². The summed E-state index contributed by atoms with van der Waals surface area (Å²) in [7, 11) is 5.01. The van der Waals surface area contributed by atoms with Gasteiger partial charge in [-0.05, 0) is 28.2 Å². The van der Waals surface area contributed by atoms with Crippen LogP contribution in [0.25, 0.3) is 0 Å². The van der Waals surface area contributed by atoms with Gasteiger partial charge in [0.15, 0.2) is 0 Å². The molecule has 0 unspecified atom stereocenters. The third kappa shape index (κ3) is 59.8. The van der Waals surface area contributed by atoms with Crippen molar-refractivity contribution in [1.29, 1.82) is 0 Å². The maximum absolute atomic E-state index is 8.49. The number of hydrogen-bond donors (Lipinski definition) is 0. The normalized spacial score (nSPS) is 9.97. The van der Waals surface area contributed by atoms with Crippen LogP contribution >= 0.6 is 34.8 Å². The number of alkyl halides is 2. The molecule has 0 saturated heterocycles. The van der Waals surface area contributed by atoms with E-state index in [1.54, 1.807) is 9.80 Å². The summed E-state index contributed by atoms with van der Waals surface area (Å²) in [6.45, 7) is 0. The summed E-state index contributed by atoms with van der Waals surface area (Å²) in [4.78, 5) is 5.29. The van der Waals surface area contributed by atoms with Crippen LogP contribution in [0, 0.1) is 20.5 Å². The summed E-state index contributed by atoms with van der Waals surface area (Å²) in [5, 5.41) is 0.741. The Kier molecular flexibility index (Phi) is 45.5. The van der Waals surface area contributed by atoms with Crippen molar-refractivity contribution >= 4 is 40.1 Å². The fourth-order valence-corrected chi connectivity index (χ4v) is 0.800. The molecule has 0 radical (unpaired) electrons. The molecule has 31 heavy (non-hydrogen) atoms. The van der Waals surface area contributed by atoms with E-state index in [1.807, 2.05) is 65.9 Å². The van der Waals surface area contributed by atoms with Gasteiger partial charge in [0.2, 0.25) is 4.58 Å². The molecule has 0 amide bonds. The molecule has 0 aromatic rings. The van der Waals surface area contributed by atoms with E-state index >= 15 is 0 Å². The SMILES string of the molecule is CN(C)C(Cl)(Cl)N(C)C.CN(C)C(Cl)=[N+](C)C.O.[Cl-].[Na+].[Na+].[O-][Cl+3]([O-])([O-])[O-].[O-][Cl+3]([O-])([O-])[O-]. The molecule has 13 nitrogen and oxygen atoms in total. The molecular weight excluding hydrogens is 579 g/mol. The second-order valence-electron chi connectivity index (χ2n) is 5.11. The quantitative estimate of drug-likeness (QED) is 0.0546. The summed E-state index contributed by atoms with van der Waals surface area (Å²) >= 11 is 17.4. The van der Waals surface area contributed by atoms with Gasteiger partial charge in [0.05, 0.1) is 28.2 Å². The minimum Gasteiger partial charge on any atom is -1.00 e. The molecule has 0 heterocycles.